The number of aryl methyl sites for hydroxylation is 1. The number of anilines is 1. The molecule has 0 atom stereocenters. The zero-order valence-corrected chi connectivity index (χ0v) is 13.8. The predicted octanol–water partition coefficient (Wildman–Crippen LogP) is 1.29. The highest BCUT2D eigenvalue weighted by Gasteiger charge is 2.00. The molecule has 3 N–H and O–H groups in total. The van der Waals surface area contributed by atoms with Crippen LogP contribution < -0.4 is 16.7 Å². The van der Waals surface area contributed by atoms with Crippen LogP contribution in [0.3, 0.4) is 0 Å². The molecule has 6 nitrogen and oxygen atoms in total. The van der Waals surface area contributed by atoms with Crippen molar-refractivity contribution in [2.75, 3.05) is 12.3 Å². The average molecular weight is 294 g/mol. The minimum Gasteiger partial charge on any atom is -0.382 e. The molecule has 21 heavy (non-hydrogen) atoms. The SMILES string of the molecule is CC.CC.CCC(=O)NCC#Cc1cn(C)c(=O)nc1N. The summed E-state index contributed by atoms with van der Waals surface area (Å²) in [6.07, 6.45) is 1.94. The van der Waals surface area contributed by atoms with E-state index in [0.717, 1.165) is 0 Å². The van der Waals surface area contributed by atoms with E-state index in [-0.39, 0.29) is 18.3 Å². The van der Waals surface area contributed by atoms with Crippen LogP contribution in [0.1, 0.15) is 46.6 Å². The molecule has 0 unspecified atom stereocenters. The summed E-state index contributed by atoms with van der Waals surface area (Å²) in [5.41, 5.74) is 5.59. The summed E-state index contributed by atoms with van der Waals surface area (Å²) in [6.45, 7) is 10.0. The number of nitrogens with two attached hydrogens (primary N) is 1. The van der Waals surface area contributed by atoms with Gasteiger partial charge in [-0.1, -0.05) is 46.5 Å². The molecule has 0 aromatic carbocycles. The maximum absolute atomic E-state index is 11.1. The molecule has 1 amide bonds. The molecular formula is C15H26N4O2. The molecule has 0 saturated carbocycles. The molecule has 1 heterocycles. The number of aromatic nitrogens is 2. The smallest absolute Gasteiger partial charge is 0.349 e. The van der Waals surface area contributed by atoms with E-state index in [1.165, 1.54) is 10.8 Å². The highest BCUT2D eigenvalue weighted by molar-refractivity contribution is 5.75. The summed E-state index contributed by atoms with van der Waals surface area (Å²) in [6, 6.07) is 0. The molecule has 0 aliphatic heterocycles. The number of nitrogens with zero attached hydrogens (tertiary/aromatic N) is 2. The Morgan fingerprint density at radius 1 is 1.38 bits per heavy atom. The van der Waals surface area contributed by atoms with Gasteiger partial charge in [0.25, 0.3) is 0 Å². The second kappa shape index (κ2) is 12.7. The number of nitrogen functional groups attached to an aromatic ring is 1. The summed E-state index contributed by atoms with van der Waals surface area (Å²) in [7, 11) is 1.57. The number of hydrogen-bond acceptors (Lipinski definition) is 4. The van der Waals surface area contributed by atoms with Gasteiger partial charge in [-0.15, -0.1) is 0 Å². The predicted molar refractivity (Wildman–Crippen MR) is 86.8 cm³/mol. The third-order valence-electron chi connectivity index (χ3n) is 2.03. The fourth-order valence-electron chi connectivity index (χ4n) is 1.06. The molecule has 0 radical (unpaired) electrons. The molecule has 0 fully saturated rings. The first kappa shape index (κ1) is 21.0. The van der Waals surface area contributed by atoms with Crippen LogP contribution in [-0.4, -0.2) is 22.0 Å². The molecule has 1 aromatic heterocycles. The highest BCUT2D eigenvalue weighted by Crippen LogP contribution is 2.00. The van der Waals surface area contributed by atoms with Gasteiger partial charge in [0, 0.05) is 19.7 Å². The molecule has 1 rings (SSSR count). The van der Waals surface area contributed by atoms with Crippen LogP contribution in [0.2, 0.25) is 0 Å². The number of carbonyl (C=O) groups excluding carboxylic acids is 1. The summed E-state index contributed by atoms with van der Waals surface area (Å²) in [5.74, 6) is 5.52. The second-order valence-electron chi connectivity index (χ2n) is 3.37. The lowest BCUT2D eigenvalue weighted by molar-refractivity contribution is -0.120. The molecule has 0 saturated heterocycles. The van der Waals surface area contributed by atoms with Crippen molar-refractivity contribution in [1.29, 1.82) is 0 Å². The standard InChI is InChI=1S/C11H14N4O2.2C2H6/c1-3-9(16)13-6-4-5-8-7-15(2)11(17)14-10(8)12;2*1-2/h7H,3,6H2,1-2H3,(H,13,16)(H2,12,14,17);2*1-2H3. The van der Waals surface area contributed by atoms with E-state index in [9.17, 15) is 9.59 Å². The Balaban J connectivity index is 0. The van der Waals surface area contributed by atoms with Crippen LogP contribution in [0.4, 0.5) is 5.82 Å². The summed E-state index contributed by atoms with van der Waals surface area (Å²) >= 11 is 0. The Morgan fingerprint density at radius 2 is 1.95 bits per heavy atom. The second-order valence-corrected chi connectivity index (χ2v) is 3.37. The van der Waals surface area contributed by atoms with Crippen molar-refractivity contribution in [3.05, 3.63) is 22.2 Å². The molecular weight excluding hydrogens is 268 g/mol. The van der Waals surface area contributed by atoms with Gasteiger partial charge >= 0.3 is 5.69 Å². The van der Waals surface area contributed by atoms with E-state index in [4.69, 9.17) is 5.73 Å². The average Bonchev–Trinajstić information content (AvgIpc) is 2.52. The first-order valence-corrected chi connectivity index (χ1v) is 7.13. The van der Waals surface area contributed by atoms with E-state index < -0.39 is 5.69 Å². The van der Waals surface area contributed by atoms with Crippen molar-refractivity contribution in [1.82, 2.24) is 14.9 Å². The van der Waals surface area contributed by atoms with Crippen LogP contribution in [0, 0.1) is 11.8 Å². The van der Waals surface area contributed by atoms with Gasteiger partial charge in [0.1, 0.15) is 5.82 Å². The first-order valence-electron chi connectivity index (χ1n) is 7.13. The van der Waals surface area contributed by atoms with E-state index in [0.29, 0.717) is 12.0 Å². The van der Waals surface area contributed by atoms with Crippen molar-refractivity contribution in [2.24, 2.45) is 7.05 Å². The van der Waals surface area contributed by atoms with Crippen LogP contribution in [-0.2, 0) is 11.8 Å². The zero-order valence-electron chi connectivity index (χ0n) is 13.8. The van der Waals surface area contributed by atoms with Crippen LogP contribution in [0.25, 0.3) is 0 Å². The van der Waals surface area contributed by atoms with E-state index >= 15 is 0 Å². The summed E-state index contributed by atoms with van der Waals surface area (Å²) in [5, 5.41) is 2.61. The maximum Gasteiger partial charge on any atom is 0.349 e. The quantitative estimate of drug-likeness (QED) is 0.804. The zero-order chi connectivity index (χ0) is 16.8. The lowest BCUT2D eigenvalue weighted by Gasteiger charge is -2.00. The molecule has 6 heteroatoms. The van der Waals surface area contributed by atoms with E-state index in [2.05, 4.69) is 22.1 Å². The van der Waals surface area contributed by atoms with Gasteiger partial charge in [-0.2, -0.15) is 4.98 Å². The van der Waals surface area contributed by atoms with E-state index in [1.807, 2.05) is 27.7 Å². The number of hydrogen-bond donors (Lipinski definition) is 2. The monoisotopic (exact) mass is 294 g/mol. The number of carbonyl (C=O) groups is 1. The molecule has 0 aliphatic carbocycles. The highest BCUT2D eigenvalue weighted by atomic mass is 16.1. The largest absolute Gasteiger partial charge is 0.382 e. The molecule has 118 valence electrons. The normalized spacial score (nSPS) is 8.10. The van der Waals surface area contributed by atoms with Gasteiger partial charge in [-0.3, -0.25) is 4.79 Å². The lowest BCUT2D eigenvalue weighted by Crippen LogP contribution is -2.22. The van der Waals surface area contributed by atoms with E-state index in [1.54, 1.807) is 14.0 Å². The minimum atomic E-state index is -0.424. The first-order chi connectivity index (χ1) is 10.0. The molecule has 0 bridgehead atoms. The van der Waals surface area contributed by atoms with Gasteiger partial charge in [0.2, 0.25) is 5.91 Å². The summed E-state index contributed by atoms with van der Waals surface area (Å²) in [4.78, 5) is 25.6. The van der Waals surface area contributed by atoms with Gasteiger partial charge < -0.3 is 15.6 Å². The fraction of sp³-hybridized carbons (Fsp3) is 0.533. The van der Waals surface area contributed by atoms with Crippen molar-refractivity contribution in [3.8, 4) is 11.8 Å². The number of amides is 1. The van der Waals surface area contributed by atoms with Crippen LogP contribution >= 0.6 is 0 Å². The Kier molecular flexibility index (Phi) is 12.7. The van der Waals surface area contributed by atoms with Gasteiger partial charge in [-0.05, 0) is 0 Å². The minimum absolute atomic E-state index is 0.0640. The Hall–Kier alpha value is -2.29. The van der Waals surface area contributed by atoms with Crippen molar-refractivity contribution in [3.63, 3.8) is 0 Å². The molecule has 0 aliphatic rings. The number of nitrogens with one attached hydrogen (secondary N) is 1. The van der Waals surface area contributed by atoms with Gasteiger partial charge in [-0.25, -0.2) is 4.79 Å². The Bertz CT molecular complexity index is 539. The maximum atomic E-state index is 11.1. The number of rotatable bonds is 2. The van der Waals surface area contributed by atoms with Crippen LogP contribution in [0.5, 0.6) is 0 Å². The molecule has 0 spiro atoms. The van der Waals surface area contributed by atoms with Crippen molar-refractivity contribution < 1.29 is 4.79 Å². The topological polar surface area (TPSA) is 90.0 Å². The Labute approximate surface area is 126 Å². The summed E-state index contributed by atoms with van der Waals surface area (Å²) < 4.78 is 1.30. The van der Waals surface area contributed by atoms with Gasteiger partial charge in [0.05, 0.1) is 12.1 Å². The third-order valence-corrected chi connectivity index (χ3v) is 2.03. The van der Waals surface area contributed by atoms with Gasteiger partial charge in [0.15, 0.2) is 0 Å². The van der Waals surface area contributed by atoms with Crippen molar-refractivity contribution in [2.45, 2.75) is 41.0 Å². The lowest BCUT2D eigenvalue weighted by atomic mass is 10.3. The fourth-order valence-corrected chi connectivity index (χ4v) is 1.06. The van der Waals surface area contributed by atoms with Crippen LogP contribution in [0.15, 0.2) is 11.0 Å². The van der Waals surface area contributed by atoms with Crippen molar-refractivity contribution >= 4 is 11.7 Å². The Morgan fingerprint density at radius 3 is 2.48 bits per heavy atom. The third kappa shape index (κ3) is 8.47. The molecule has 1 aromatic rings.